The Hall–Kier alpha value is -0.180. The summed E-state index contributed by atoms with van der Waals surface area (Å²) in [6.07, 6.45) is 4.41. The molecular formula is C11H18O2S. The van der Waals surface area contributed by atoms with E-state index < -0.39 is 5.97 Å². The smallest absolute Gasteiger partial charge is 0.306 e. The van der Waals surface area contributed by atoms with Crippen LogP contribution < -0.4 is 0 Å². The van der Waals surface area contributed by atoms with Crippen LogP contribution in [0.4, 0.5) is 0 Å². The zero-order valence-corrected chi connectivity index (χ0v) is 9.43. The Morgan fingerprint density at radius 1 is 1.36 bits per heavy atom. The molecule has 2 aliphatic rings. The standard InChI is InChI=1S/C11H18O2S/c1-2-14-10-7-3-4-8(10)6-9(5-7)11(12)13/h7-10H,2-6H2,1H3,(H,12,13). The first kappa shape index (κ1) is 10.3. The molecular weight excluding hydrogens is 196 g/mol. The molecule has 0 aliphatic heterocycles. The molecule has 3 heteroatoms. The molecule has 1 N–H and O–H groups in total. The first-order valence-corrected chi connectivity index (χ1v) is 6.61. The van der Waals surface area contributed by atoms with Gasteiger partial charge in [-0.05, 0) is 43.3 Å². The number of fused-ring (bicyclic) bond motifs is 2. The minimum atomic E-state index is -0.568. The predicted octanol–water partition coefficient (Wildman–Crippen LogP) is 2.63. The van der Waals surface area contributed by atoms with Crippen molar-refractivity contribution < 1.29 is 9.90 Å². The Morgan fingerprint density at radius 2 is 1.93 bits per heavy atom. The average molecular weight is 214 g/mol. The van der Waals surface area contributed by atoms with E-state index in [9.17, 15) is 4.79 Å². The van der Waals surface area contributed by atoms with E-state index in [1.165, 1.54) is 18.6 Å². The maximum Gasteiger partial charge on any atom is 0.306 e. The number of hydrogen-bond acceptors (Lipinski definition) is 2. The number of carbonyl (C=O) groups is 1. The van der Waals surface area contributed by atoms with E-state index in [1.807, 2.05) is 0 Å². The van der Waals surface area contributed by atoms with Crippen molar-refractivity contribution in [2.24, 2.45) is 17.8 Å². The van der Waals surface area contributed by atoms with Gasteiger partial charge < -0.3 is 5.11 Å². The van der Waals surface area contributed by atoms with E-state index in [-0.39, 0.29) is 5.92 Å². The fraction of sp³-hybridized carbons (Fsp3) is 0.909. The molecule has 2 aliphatic carbocycles. The summed E-state index contributed by atoms with van der Waals surface area (Å²) >= 11 is 2.05. The number of hydrogen-bond donors (Lipinski definition) is 1. The molecule has 2 saturated carbocycles. The Kier molecular flexibility index (Phi) is 3.05. The number of carboxylic acid groups (broad SMARTS) is 1. The van der Waals surface area contributed by atoms with Gasteiger partial charge in [-0.15, -0.1) is 0 Å². The summed E-state index contributed by atoms with van der Waals surface area (Å²) in [6.45, 7) is 2.20. The molecule has 0 aromatic rings. The maximum absolute atomic E-state index is 10.9. The van der Waals surface area contributed by atoms with Crippen LogP contribution in [0.5, 0.6) is 0 Å². The normalized spacial score (nSPS) is 41.2. The first-order valence-electron chi connectivity index (χ1n) is 5.56. The van der Waals surface area contributed by atoms with Gasteiger partial charge in [-0.25, -0.2) is 0 Å². The van der Waals surface area contributed by atoms with Gasteiger partial charge in [0.2, 0.25) is 0 Å². The lowest BCUT2D eigenvalue weighted by Crippen LogP contribution is -2.32. The van der Waals surface area contributed by atoms with Crippen molar-refractivity contribution in [3.63, 3.8) is 0 Å². The summed E-state index contributed by atoms with van der Waals surface area (Å²) in [6, 6.07) is 0. The summed E-state index contributed by atoms with van der Waals surface area (Å²) in [4.78, 5) is 10.9. The summed E-state index contributed by atoms with van der Waals surface area (Å²) < 4.78 is 0. The minimum Gasteiger partial charge on any atom is -0.481 e. The van der Waals surface area contributed by atoms with E-state index in [0.29, 0.717) is 11.8 Å². The highest BCUT2D eigenvalue weighted by molar-refractivity contribution is 7.99. The molecule has 0 amide bonds. The quantitative estimate of drug-likeness (QED) is 0.784. The van der Waals surface area contributed by atoms with E-state index in [1.54, 1.807) is 0 Å². The van der Waals surface area contributed by atoms with Crippen LogP contribution in [0.2, 0.25) is 0 Å². The molecule has 80 valence electrons. The third-order valence-electron chi connectivity index (χ3n) is 3.72. The van der Waals surface area contributed by atoms with E-state index in [2.05, 4.69) is 18.7 Å². The highest BCUT2D eigenvalue weighted by Gasteiger charge is 2.44. The second-order valence-corrected chi connectivity index (χ2v) is 5.98. The van der Waals surface area contributed by atoms with Gasteiger partial charge in [-0.3, -0.25) is 4.79 Å². The topological polar surface area (TPSA) is 37.3 Å². The molecule has 2 atom stereocenters. The second-order valence-electron chi connectivity index (χ2n) is 4.52. The molecule has 0 radical (unpaired) electrons. The van der Waals surface area contributed by atoms with Crippen molar-refractivity contribution in [1.29, 1.82) is 0 Å². The minimum absolute atomic E-state index is 0.0405. The van der Waals surface area contributed by atoms with E-state index >= 15 is 0 Å². The van der Waals surface area contributed by atoms with Crippen molar-refractivity contribution in [2.45, 2.75) is 37.9 Å². The molecule has 0 spiro atoms. The lowest BCUT2D eigenvalue weighted by atomic mass is 9.80. The largest absolute Gasteiger partial charge is 0.481 e. The molecule has 2 fully saturated rings. The van der Waals surface area contributed by atoms with Crippen LogP contribution in [0.3, 0.4) is 0 Å². The number of rotatable bonds is 3. The Labute approximate surface area is 89.5 Å². The van der Waals surface area contributed by atoms with Crippen LogP contribution in [0, 0.1) is 17.8 Å². The molecule has 2 unspecified atom stereocenters. The van der Waals surface area contributed by atoms with Crippen LogP contribution in [0.1, 0.15) is 32.6 Å². The SMILES string of the molecule is CCSC1C2CCC1CC(C(=O)O)C2. The van der Waals surface area contributed by atoms with Gasteiger partial charge in [0.05, 0.1) is 5.92 Å². The summed E-state index contributed by atoms with van der Waals surface area (Å²) in [5, 5.41) is 9.78. The molecule has 2 nitrogen and oxygen atoms in total. The molecule has 0 heterocycles. The maximum atomic E-state index is 10.9. The summed E-state index contributed by atoms with van der Waals surface area (Å²) in [7, 11) is 0. The molecule has 0 saturated heterocycles. The molecule has 0 aromatic heterocycles. The van der Waals surface area contributed by atoms with Gasteiger partial charge in [0, 0.05) is 5.25 Å². The van der Waals surface area contributed by atoms with Gasteiger partial charge in [0.25, 0.3) is 0 Å². The highest BCUT2D eigenvalue weighted by Crippen LogP contribution is 2.50. The molecule has 14 heavy (non-hydrogen) atoms. The first-order chi connectivity index (χ1) is 6.72. The monoisotopic (exact) mass is 214 g/mol. The fourth-order valence-electron chi connectivity index (χ4n) is 3.14. The number of aliphatic carboxylic acids is 1. The van der Waals surface area contributed by atoms with Crippen LogP contribution >= 0.6 is 11.8 Å². The molecule has 2 rings (SSSR count). The van der Waals surface area contributed by atoms with Crippen molar-refractivity contribution in [2.75, 3.05) is 5.75 Å². The van der Waals surface area contributed by atoms with Crippen molar-refractivity contribution >= 4 is 17.7 Å². The highest BCUT2D eigenvalue weighted by atomic mass is 32.2. The van der Waals surface area contributed by atoms with Crippen LogP contribution in [-0.4, -0.2) is 22.1 Å². The van der Waals surface area contributed by atoms with Crippen molar-refractivity contribution in [1.82, 2.24) is 0 Å². The van der Waals surface area contributed by atoms with Crippen LogP contribution in [0.15, 0.2) is 0 Å². The number of carboxylic acids is 1. The van der Waals surface area contributed by atoms with Crippen molar-refractivity contribution in [3.05, 3.63) is 0 Å². The van der Waals surface area contributed by atoms with Crippen molar-refractivity contribution in [3.8, 4) is 0 Å². The van der Waals surface area contributed by atoms with Gasteiger partial charge >= 0.3 is 5.97 Å². The lowest BCUT2D eigenvalue weighted by Gasteiger charge is -2.32. The zero-order chi connectivity index (χ0) is 10.1. The van der Waals surface area contributed by atoms with Gasteiger partial charge in [-0.2, -0.15) is 11.8 Å². The second kappa shape index (κ2) is 4.13. The third-order valence-corrected chi connectivity index (χ3v) is 5.21. The lowest BCUT2D eigenvalue weighted by molar-refractivity contribution is -0.143. The van der Waals surface area contributed by atoms with Crippen LogP contribution in [0.25, 0.3) is 0 Å². The van der Waals surface area contributed by atoms with E-state index in [0.717, 1.165) is 18.1 Å². The Morgan fingerprint density at radius 3 is 2.36 bits per heavy atom. The summed E-state index contributed by atoms with van der Waals surface area (Å²) in [5.41, 5.74) is 0. The predicted molar refractivity (Wildman–Crippen MR) is 58.5 cm³/mol. The Bertz CT molecular complexity index is 215. The van der Waals surface area contributed by atoms with Crippen LogP contribution in [-0.2, 0) is 4.79 Å². The zero-order valence-electron chi connectivity index (χ0n) is 8.61. The van der Waals surface area contributed by atoms with Gasteiger partial charge in [0.1, 0.15) is 0 Å². The average Bonchev–Trinajstić information content (AvgIpc) is 2.40. The third kappa shape index (κ3) is 1.79. The number of thioether (sulfide) groups is 1. The van der Waals surface area contributed by atoms with E-state index in [4.69, 9.17) is 5.11 Å². The Balaban J connectivity index is 2.01. The van der Waals surface area contributed by atoms with Gasteiger partial charge in [-0.1, -0.05) is 6.92 Å². The van der Waals surface area contributed by atoms with Gasteiger partial charge in [0.15, 0.2) is 0 Å². The fourth-order valence-corrected chi connectivity index (χ4v) is 4.56. The summed E-state index contributed by atoms with van der Waals surface area (Å²) in [5.74, 6) is 1.96. The molecule has 2 bridgehead atoms. The molecule has 0 aromatic carbocycles.